The first-order valence-electron chi connectivity index (χ1n) is 6.92. The van der Waals surface area contributed by atoms with Gasteiger partial charge < -0.3 is 10.0 Å². The zero-order valence-corrected chi connectivity index (χ0v) is 11.7. The zero-order valence-electron chi connectivity index (χ0n) is 11.7. The van der Waals surface area contributed by atoms with E-state index in [1.807, 2.05) is 13.8 Å². The summed E-state index contributed by atoms with van der Waals surface area (Å²) in [5.41, 5.74) is -0.508. The Bertz CT molecular complexity index is 261. The summed E-state index contributed by atoms with van der Waals surface area (Å²) in [6, 6.07) is 0. The summed E-state index contributed by atoms with van der Waals surface area (Å²) < 4.78 is 0. The molecule has 1 atom stereocenters. The minimum Gasteiger partial charge on any atom is -0.481 e. The third-order valence-electron chi connectivity index (χ3n) is 4.58. The van der Waals surface area contributed by atoms with Gasteiger partial charge in [0.25, 0.3) is 0 Å². The summed E-state index contributed by atoms with van der Waals surface area (Å²) in [7, 11) is 0. The lowest BCUT2D eigenvalue weighted by Crippen LogP contribution is -2.40. The number of hydrogen-bond acceptors (Lipinski definition) is 2. The molecule has 1 saturated heterocycles. The van der Waals surface area contributed by atoms with Crippen molar-refractivity contribution in [2.45, 2.75) is 47.0 Å². The Hall–Kier alpha value is -0.570. The van der Waals surface area contributed by atoms with Crippen molar-refractivity contribution in [2.75, 3.05) is 19.6 Å². The van der Waals surface area contributed by atoms with Gasteiger partial charge in [-0.2, -0.15) is 0 Å². The number of likely N-dealkylation sites (tertiary alicyclic amines) is 1. The van der Waals surface area contributed by atoms with Gasteiger partial charge in [0.2, 0.25) is 0 Å². The largest absolute Gasteiger partial charge is 0.481 e. The highest BCUT2D eigenvalue weighted by Gasteiger charge is 2.47. The molecule has 1 unspecified atom stereocenters. The molecule has 1 heterocycles. The van der Waals surface area contributed by atoms with Crippen LogP contribution in [0.1, 0.15) is 47.0 Å². The summed E-state index contributed by atoms with van der Waals surface area (Å²) in [6.07, 6.45) is 3.18. The van der Waals surface area contributed by atoms with Crippen molar-refractivity contribution in [2.24, 2.45) is 17.3 Å². The van der Waals surface area contributed by atoms with Crippen LogP contribution in [0.4, 0.5) is 0 Å². The smallest absolute Gasteiger partial charge is 0.311 e. The molecule has 0 aromatic carbocycles. The van der Waals surface area contributed by atoms with E-state index in [1.165, 1.54) is 12.8 Å². The number of hydrogen-bond donors (Lipinski definition) is 1. The van der Waals surface area contributed by atoms with Gasteiger partial charge in [-0.3, -0.25) is 4.79 Å². The lowest BCUT2D eigenvalue weighted by molar-refractivity contribution is -0.151. The summed E-state index contributed by atoms with van der Waals surface area (Å²) in [6.45, 7) is 11.3. The average molecular weight is 241 g/mol. The van der Waals surface area contributed by atoms with Crippen LogP contribution < -0.4 is 0 Å². The third kappa shape index (κ3) is 3.01. The molecule has 1 aliphatic heterocycles. The zero-order chi connectivity index (χ0) is 13.1. The van der Waals surface area contributed by atoms with Gasteiger partial charge in [0.15, 0.2) is 0 Å². The van der Waals surface area contributed by atoms with Gasteiger partial charge in [0.1, 0.15) is 0 Å². The lowest BCUT2D eigenvalue weighted by atomic mass is 9.76. The Morgan fingerprint density at radius 2 is 1.94 bits per heavy atom. The molecule has 0 aromatic heterocycles. The minimum atomic E-state index is -0.612. The first kappa shape index (κ1) is 14.5. The second-order valence-corrected chi connectivity index (χ2v) is 5.78. The van der Waals surface area contributed by atoms with E-state index in [4.69, 9.17) is 0 Å². The molecule has 1 rings (SSSR count). The lowest BCUT2D eigenvalue weighted by Gasteiger charge is -2.29. The average Bonchev–Trinajstić information content (AvgIpc) is 2.71. The standard InChI is InChI=1S/C14H27NO2/c1-5-12(6-2)9-15-8-7-14(10-15,11(3)4)13(16)17/h11-12H,5-10H2,1-4H3,(H,16,17). The van der Waals surface area contributed by atoms with Crippen LogP contribution in [0, 0.1) is 17.3 Å². The van der Waals surface area contributed by atoms with E-state index in [-0.39, 0.29) is 5.92 Å². The fraction of sp³-hybridized carbons (Fsp3) is 0.929. The molecular weight excluding hydrogens is 214 g/mol. The molecule has 1 N–H and O–H groups in total. The molecule has 0 saturated carbocycles. The van der Waals surface area contributed by atoms with Gasteiger partial charge in [0, 0.05) is 13.1 Å². The maximum Gasteiger partial charge on any atom is 0.311 e. The molecule has 0 aromatic rings. The molecule has 3 nitrogen and oxygen atoms in total. The number of rotatable bonds is 6. The van der Waals surface area contributed by atoms with Crippen molar-refractivity contribution >= 4 is 5.97 Å². The van der Waals surface area contributed by atoms with Crippen LogP contribution in [0.5, 0.6) is 0 Å². The molecule has 1 aliphatic rings. The number of carboxylic acid groups (broad SMARTS) is 1. The molecule has 100 valence electrons. The van der Waals surface area contributed by atoms with E-state index in [0.717, 1.165) is 26.1 Å². The quantitative estimate of drug-likeness (QED) is 0.777. The van der Waals surface area contributed by atoms with Gasteiger partial charge >= 0.3 is 5.97 Å². The number of nitrogens with zero attached hydrogens (tertiary/aromatic N) is 1. The van der Waals surface area contributed by atoms with E-state index in [0.29, 0.717) is 5.92 Å². The number of carbonyl (C=O) groups is 1. The Labute approximate surface area is 105 Å². The van der Waals surface area contributed by atoms with Crippen LogP contribution in [0.3, 0.4) is 0 Å². The van der Waals surface area contributed by atoms with Crippen molar-refractivity contribution in [1.82, 2.24) is 4.90 Å². The summed E-state index contributed by atoms with van der Waals surface area (Å²) in [4.78, 5) is 13.9. The van der Waals surface area contributed by atoms with Crippen molar-refractivity contribution in [3.8, 4) is 0 Å². The maximum atomic E-state index is 11.5. The van der Waals surface area contributed by atoms with E-state index in [2.05, 4.69) is 18.7 Å². The molecule has 0 amide bonds. The van der Waals surface area contributed by atoms with Gasteiger partial charge in [-0.15, -0.1) is 0 Å². The van der Waals surface area contributed by atoms with E-state index >= 15 is 0 Å². The molecular formula is C14H27NO2. The van der Waals surface area contributed by atoms with Crippen LogP contribution in [0.25, 0.3) is 0 Å². The Kier molecular flexibility index (Phi) is 4.99. The summed E-state index contributed by atoms with van der Waals surface area (Å²) in [5, 5.41) is 9.47. The molecule has 0 bridgehead atoms. The Balaban J connectivity index is 2.64. The molecule has 0 aliphatic carbocycles. The fourth-order valence-corrected chi connectivity index (χ4v) is 2.88. The van der Waals surface area contributed by atoms with Crippen LogP contribution in [0.2, 0.25) is 0 Å². The molecule has 3 heteroatoms. The second-order valence-electron chi connectivity index (χ2n) is 5.78. The third-order valence-corrected chi connectivity index (χ3v) is 4.58. The SMILES string of the molecule is CCC(CC)CN1CCC(C(=O)O)(C(C)C)C1. The summed E-state index contributed by atoms with van der Waals surface area (Å²) >= 11 is 0. The predicted octanol–water partition coefficient (Wildman–Crippen LogP) is 2.86. The van der Waals surface area contributed by atoms with Crippen LogP contribution >= 0.6 is 0 Å². The van der Waals surface area contributed by atoms with Gasteiger partial charge in [0.05, 0.1) is 5.41 Å². The monoisotopic (exact) mass is 241 g/mol. The van der Waals surface area contributed by atoms with E-state index in [1.54, 1.807) is 0 Å². The van der Waals surface area contributed by atoms with Crippen molar-refractivity contribution in [3.63, 3.8) is 0 Å². The highest BCUT2D eigenvalue weighted by Crippen LogP contribution is 2.38. The van der Waals surface area contributed by atoms with Crippen LogP contribution in [-0.2, 0) is 4.79 Å². The maximum absolute atomic E-state index is 11.5. The van der Waals surface area contributed by atoms with Crippen molar-refractivity contribution in [1.29, 1.82) is 0 Å². The van der Waals surface area contributed by atoms with Crippen LogP contribution in [-0.4, -0.2) is 35.6 Å². The van der Waals surface area contributed by atoms with E-state index in [9.17, 15) is 9.90 Å². The fourth-order valence-electron chi connectivity index (χ4n) is 2.88. The second kappa shape index (κ2) is 5.85. The van der Waals surface area contributed by atoms with E-state index < -0.39 is 11.4 Å². The van der Waals surface area contributed by atoms with Crippen molar-refractivity contribution in [3.05, 3.63) is 0 Å². The summed E-state index contributed by atoms with van der Waals surface area (Å²) in [5.74, 6) is 0.318. The first-order valence-corrected chi connectivity index (χ1v) is 6.92. The number of carboxylic acids is 1. The van der Waals surface area contributed by atoms with Crippen LogP contribution in [0.15, 0.2) is 0 Å². The van der Waals surface area contributed by atoms with Gasteiger partial charge in [-0.25, -0.2) is 0 Å². The van der Waals surface area contributed by atoms with Gasteiger partial charge in [-0.1, -0.05) is 40.5 Å². The normalized spacial score (nSPS) is 26.0. The molecule has 0 spiro atoms. The number of aliphatic carboxylic acids is 1. The molecule has 17 heavy (non-hydrogen) atoms. The Morgan fingerprint density at radius 3 is 2.29 bits per heavy atom. The topological polar surface area (TPSA) is 40.5 Å². The minimum absolute atomic E-state index is 0.215. The first-order chi connectivity index (χ1) is 7.96. The van der Waals surface area contributed by atoms with Gasteiger partial charge in [-0.05, 0) is 24.8 Å². The molecule has 0 radical (unpaired) electrons. The highest BCUT2D eigenvalue weighted by atomic mass is 16.4. The molecule has 1 fully saturated rings. The predicted molar refractivity (Wildman–Crippen MR) is 70.0 cm³/mol. The van der Waals surface area contributed by atoms with Crippen molar-refractivity contribution < 1.29 is 9.90 Å². The highest BCUT2D eigenvalue weighted by molar-refractivity contribution is 5.75. The Morgan fingerprint density at radius 1 is 1.35 bits per heavy atom.